The van der Waals surface area contributed by atoms with Gasteiger partial charge in [-0.15, -0.1) is 0 Å². The van der Waals surface area contributed by atoms with Gasteiger partial charge in [0.1, 0.15) is 17.3 Å². The summed E-state index contributed by atoms with van der Waals surface area (Å²) in [6.07, 6.45) is 1.62. The van der Waals surface area contributed by atoms with E-state index >= 15 is 0 Å². The highest BCUT2D eigenvalue weighted by Crippen LogP contribution is 2.13. The predicted octanol–water partition coefficient (Wildman–Crippen LogP) is 2.70. The molecule has 0 bridgehead atoms. The summed E-state index contributed by atoms with van der Waals surface area (Å²) in [6.45, 7) is 2.01. The van der Waals surface area contributed by atoms with Gasteiger partial charge in [-0.3, -0.25) is 0 Å². The molecule has 3 nitrogen and oxygen atoms in total. The van der Waals surface area contributed by atoms with Crippen molar-refractivity contribution in [2.75, 3.05) is 0 Å². The van der Waals surface area contributed by atoms with Crippen LogP contribution in [0.3, 0.4) is 0 Å². The number of nitrogens with zero attached hydrogens (tertiary/aromatic N) is 1. The summed E-state index contributed by atoms with van der Waals surface area (Å²) < 4.78 is 23.3. The SMILES string of the molecule is Cc1cnc(COc2cccc(F)c2)o1. The molecular formula is C11H10FNO2. The van der Waals surface area contributed by atoms with Crippen LogP contribution in [0.1, 0.15) is 11.7 Å². The zero-order valence-corrected chi connectivity index (χ0v) is 8.24. The standard InChI is InChI=1S/C11H10FNO2/c1-8-6-13-11(15-8)7-14-10-4-2-3-9(12)5-10/h2-6H,7H2,1H3. The smallest absolute Gasteiger partial charge is 0.232 e. The van der Waals surface area contributed by atoms with Gasteiger partial charge >= 0.3 is 0 Å². The largest absolute Gasteiger partial charge is 0.484 e. The Morgan fingerprint density at radius 1 is 1.47 bits per heavy atom. The van der Waals surface area contributed by atoms with Crippen LogP contribution >= 0.6 is 0 Å². The molecule has 0 N–H and O–H groups in total. The first kappa shape index (κ1) is 9.71. The molecule has 0 radical (unpaired) electrons. The van der Waals surface area contributed by atoms with E-state index in [1.54, 1.807) is 25.3 Å². The predicted molar refractivity (Wildman–Crippen MR) is 52.0 cm³/mol. The van der Waals surface area contributed by atoms with Crippen LogP contribution in [0.15, 0.2) is 34.9 Å². The molecule has 0 spiro atoms. The summed E-state index contributed by atoms with van der Waals surface area (Å²) in [4.78, 5) is 3.97. The van der Waals surface area contributed by atoms with E-state index in [1.807, 2.05) is 0 Å². The van der Waals surface area contributed by atoms with Crippen molar-refractivity contribution >= 4 is 0 Å². The molecule has 0 atom stereocenters. The lowest BCUT2D eigenvalue weighted by Crippen LogP contribution is -1.95. The first-order chi connectivity index (χ1) is 7.24. The maximum absolute atomic E-state index is 12.8. The van der Waals surface area contributed by atoms with Gasteiger partial charge in [0.25, 0.3) is 0 Å². The van der Waals surface area contributed by atoms with Gasteiger partial charge < -0.3 is 9.15 Å². The third kappa shape index (κ3) is 2.56. The topological polar surface area (TPSA) is 35.3 Å². The fourth-order valence-electron chi connectivity index (χ4n) is 1.17. The molecule has 4 heteroatoms. The summed E-state index contributed by atoms with van der Waals surface area (Å²) >= 11 is 0. The van der Waals surface area contributed by atoms with Crippen LogP contribution in [-0.4, -0.2) is 4.98 Å². The molecule has 1 heterocycles. The van der Waals surface area contributed by atoms with Crippen LogP contribution in [0.25, 0.3) is 0 Å². The normalized spacial score (nSPS) is 10.3. The highest BCUT2D eigenvalue weighted by atomic mass is 19.1. The molecule has 2 aromatic rings. The second-order valence-electron chi connectivity index (χ2n) is 3.11. The van der Waals surface area contributed by atoms with Gasteiger partial charge in [0, 0.05) is 6.07 Å². The van der Waals surface area contributed by atoms with E-state index in [1.165, 1.54) is 12.1 Å². The number of halogens is 1. The van der Waals surface area contributed by atoms with Crippen molar-refractivity contribution in [3.8, 4) is 5.75 Å². The summed E-state index contributed by atoms with van der Waals surface area (Å²) in [5, 5.41) is 0. The molecule has 0 aliphatic heterocycles. The highest BCUT2D eigenvalue weighted by Gasteiger charge is 2.02. The van der Waals surface area contributed by atoms with E-state index in [2.05, 4.69) is 4.98 Å². The zero-order valence-electron chi connectivity index (χ0n) is 8.24. The van der Waals surface area contributed by atoms with Gasteiger partial charge in [-0.25, -0.2) is 9.37 Å². The minimum absolute atomic E-state index is 0.206. The Labute approximate surface area is 86.5 Å². The van der Waals surface area contributed by atoms with E-state index < -0.39 is 0 Å². The summed E-state index contributed by atoms with van der Waals surface area (Å²) in [5.74, 6) is 1.35. The van der Waals surface area contributed by atoms with Gasteiger partial charge in [0.2, 0.25) is 5.89 Å². The van der Waals surface area contributed by atoms with Gasteiger partial charge in [-0.2, -0.15) is 0 Å². The average molecular weight is 207 g/mol. The Bertz CT molecular complexity index is 453. The number of aromatic nitrogens is 1. The third-order valence-corrected chi connectivity index (χ3v) is 1.83. The minimum atomic E-state index is -0.323. The molecule has 0 amide bonds. The van der Waals surface area contributed by atoms with E-state index in [-0.39, 0.29) is 12.4 Å². The Hall–Kier alpha value is -1.84. The first-order valence-electron chi connectivity index (χ1n) is 4.54. The first-order valence-corrected chi connectivity index (χ1v) is 4.54. The fourth-order valence-corrected chi connectivity index (χ4v) is 1.17. The quantitative estimate of drug-likeness (QED) is 0.776. The van der Waals surface area contributed by atoms with Crippen molar-refractivity contribution in [3.63, 3.8) is 0 Å². The molecule has 1 aromatic carbocycles. The van der Waals surface area contributed by atoms with Crippen LogP contribution < -0.4 is 4.74 Å². The fraction of sp³-hybridized carbons (Fsp3) is 0.182. The van der Waals surface area contributed by atoms with Crippen molar-refractivity contribution < 1.29 is 13.5 Å². The zero-order chi connectivity index (χ0) is 10.7. The lowest BCUT2D eigenvalue weighted by atomic mass is 10.3. The number of benzene rings is 1. The maximum atomic E-state index is 12.8. The summed E-state index contributed by atoms with van der Waals surface area (Å²) in [6, 6.07) is 5.95. The molecule has 0 aliphatic carbocycles. The second-order valence-corrected chi connectivity index (χ2v) is 3.11. The van der Waals surface area contributed by atoms with Crippen molar-refractivity contribution in [2.45, 2.75) is 13.5 Å². The number of ether oxygens (including phenoxy) is 1. The molecule has 0 aliphatic rings. The molecule has 0 saturated heterocycles. The minimum Gasteiger partial charge on any atom is -0.484 e. The molecule has 2 rings (SSSR count). The average Bonchev–Trinajstić information content (AvgIpc) is 2.62. The van der Waals surface area contributed by atoms with Crippen molar-refractivity contribution in [2.24, 2.45) is 0 Å². The maximum Gasteiger partial charge on any atom is 0.232 e. The van der Waals surface area contributed by atoms with E-state index in [0.717, 1.165) is 5.76 Å². The Balaban J connectivity index is 1.99. The van der Waals surface area contributed by atoms with Crippen LogP contribution in [0.5, 0.6) is 5.75 Å². The molecule has 0 saturated carbocycles. The van der Waals surface area contributed by atoms with Crippen molar-refractivity contribution in [1.82, 2.24) is 4.98 Å². The van der Waals surface area contributed by atoms with Crippen LogP contribution in [0.2, 0.25) is 0 Å². The number of oxazole rings is 1. The third-order valence-electron chi connectivity index (χ3n) is 1.83. The number of hydrogen-bond donors (Lipinski definition) is 0. The van der Waals surface area contributed by atoms with Crippen molar-refractivity contribution in [3.05, 3.63) is 47.9 Å². The van der Waals surface area contributed by atoms with E-state index in [4.69, 9.17) is 9.15 Å². The van der Waals surface area contributed by atoms with E-state index in [9.17, 15) is 4.39 Å². The number of rotatable bonds is 3. The van der Waals surface area contributed by atoms with Crippen LogP contribution in [-0.2, 0) is 6.61 Å². The highest BCUT2D eigenvalue weighted by molar-refractivity contribution is 5.22. The molecule has 15 heavy (non-hydrogen) atoms. The Morgan fingerprint density at radius 3 is 3.00 bits per heavy atom. The van der Waals surface area contributed by atoms with Gasteiger partial charge in [0.05, 0.1) is 6.20 Å². The Morgan fingerprint density at radius 2 is 2.33 bits per heavy atom. The lowest BCUT2D eigenvalue weighted by Gasteiger charge is -2.02. The number of hydrogen-bond acceptors (Lipinski definition) is 3. The monoisotopic (exact) mass is 207 g/mol. The van der Waals surface area contributed by atoms with Crippen LogP contribution in [0.4, 0.5) is 4.39 Å². The number of aryl methyl sites for hydroxylation is 1. The second kappa shape index (κ2) is 4.13. The Kier molecular flexibility index (Phi) is 2.67. The van der Waals surface area contributed by atoms with Gasteiger partial charge in [-0.05, 0) is 19.1 Å². The van der Waals surface area contributed by atoms with E-state index in [0.29, 0.717) is 11.6 Å². The molecule has 78 valence electrons. The van der Waals surface area contributed by atoms with Gasteiger partial charge in [-0.1, -0.05) is 6.07 Å². The van der Waals surface area contributed by atoms with Gasteiger partial charge in [0.15, 0.2) is 6.61 Å². The van der Waals surface area contributed by atoms with Crippen LogP contribution in [0, 0.1) is 12.7 Å². The lowest BCUT2D eigenvalue weighted by molar-refractivity contribution is 0.259. The molecular weight excluding hydrogens is 197 g/mol. The molecule has 1 aromatic heterocycles. The molecule has 0 unspecified atom stereocenters. The van der Waals surface area contributed by atoms with Crippen molar-refractivity contribution in [1.29, 1.82) is 0 Å². The molecule has 0 fully saturated rings. The summed E-state index contributed by atoms with van der Waals surface area (Å²) in [7, 11) is 0. The summed E-state index contributed by atoms with van der Waals surface area (Å²) in [5.41, 5.74) is 0.